The number of pyridine rings is 1. The molecule has 0 aliphatic rings. The molecule has 6 heteroatoms. The van der Waals surface area contributed by atoms with Crippen LogP contribution >= 0.6 is 12.2 Å². The second-order valence-corrected chi connectivity index (χ2v) is 5.85. The first-order chi connectivity index (χ1) is 8.84. The van der Waals surface area contributed by atoms with E-state index < -0.39 is 0 Å². The predicted molar refractivity (Wildman–Crippen MR) is 77.8 cm³/mol. The van der Waals surface area contributed by atoms with Crippen molar-refractivity contribution in [3.63, 3.8) is 0 Å². The van der Waals surface area contributed by atoms with Gasteiger partial charge in [-0.25, -0.2) is 0 Å². The number of nitrogens with one attached hydrogen (secondary N) is 2. The van der Waals surface area contributed by atoms with E-state index in [1.54, 1.807) is 10.6 Å². The van der Waals surface area contributed by atoms with E-state index in [1.165, 1.54) is 0 Å². The van der Waals surface area contributed by atoms with Gasteiger partial charge in [-0.3, -0.25) is 9.89 Å². The second-order valence-electron chi connectivity index (χ2n) is 5.46. The maximum atomic E-state index is 12.2. The van der Waals surface area contributed by atoms with Crippen molar-refractivity contribution in [1.82, 2.24) is 19.7 Å². The molecule has 0 saturated heterocycles. The summed E-state index contributed by atoms with van der Waals surface area (Å²) in [5.74, 6) is 0.578. The molecule has 0 aliphatic heterocycles. The lowest BCUT2D eigenvalue weighted by Gasteiger charge is -2.18. The van der Waals surface area contributed by atoms with Gasteiger partial charge in [-0.2, -0.15) is 5.10 Å². The van der Waals surface area contributed by atoms with Gasteiger partial charge in [-0.05, 0) is 31.3 Å². The average Bonchev–Trinajstić information content (AvgIpc) is 2.69. The van der Waals surface area contributed by atoms with E-state index in [-0.39, 0.29) is 11.0 Å². The van der Waals surface area contributed by atoms with Gasteiger partial charge in [0, 0.05) is 17.7 Å². The molecule has 0 amide bonds. The van der Waals surface area contributed by atoms with Crippen LogP contribution in [-0.2, 0) is 12.0 Å². The highest BCUT2D eigenvalue weighted by molar-refractivity contribution is 7.71. The molecular weight excluding hydrogens is 260 g/mol. The average molecular weight is 278 g/mol. The van der Waals surface area contributed by atoms with E-state index in [0.717, 1.165) is 5.69 Å². The normalized spacial score (nSPS) is 11.8. The summed E-state index contributed by atoms with van der Waals surface area (Å²) in [6, 6.07) is 3.73. The highest BCUT2D eigenvalue weighted by Crippen LogP contribution is 2.20. The molecule has 0 bridgehead atoms. The Hall–Kier alpha value is -1.69. The standard InChI is InChI=1S/C13H18N4OS/c1-5-17-10(15-16-12(17)19)8-6-7-9(13(2,3)4)14-11(8)18/h6-7H,5H2,1-4H3,(H,14,18)(H,16,19). The fourth-order valence-electron chi connectivity index (χ4n) is 1.90. The number of aromatic nitrogens is 4. The number of hydrogen-bond acceptors (Lipinski definition) is 3. The van der Waals surface area contributed by atoms with E-state index >= 15 is 0 Å². The summed E-state index contributed by atoms with van der Waals surface area (Å²) >= 11 is 5.13. The topological polar surface area (TPSA) is 66.5 Å². The van der Waals surface area contributed by atoms with Crippen molar-refractivity contribution in [2.45, 2.75) is 39.7 Å². The van der Waals surface area contributed by atoms with Crippen LogP contribution in [0, 0.1) is 4.77 Å². The van der Waals surface area contributed by atoms with Crippen molar-refractivity contribution >= 4 is 12.2 Å². The monoisotopic (exact) mass is 278 g/mol. The first-order valence-corrected chi connectivity index (χ1v) is 6.64. The molecule has 2 aromatic rings. The molecule has 2 aromatic heterocycles. The molecule has 5 nitrogen and oxygen atoms in total. The van der Waals surface area contributed by atoms with Gasteiger partial charge >= 0.3 is 0 Å². The Labute approximate surface area is 116 Å². The first-order valence-electron chi connectivity index (χ1n) is 6.24. The van der Waals surface area contributed by atoms with Gasteiger partial charge in [0.2, 0.25) is 0 Å². The summed E-state index contributed by atoms with van der Waals surface area (Å²) in [5.41, 5.74) is 1.20. The minimum Gasteiger partial charge on any atom is -0.325 e. The van der Waals surface area contributed by atoms with Crippen LogP contribution in [0.4, 0.5) is 0 Å². The molecule has 0 aromatic carbocycles. The van der Waals surface area contributed by atoms with Crippen molar-refractivity contribution in [2.75, 3.05) is 0 Å². The Morgan fingerprint density at radius 3 is 2.58 bits per heavy atom. The number of aromatic amines is 2. The third-order valence-corrected chi connectivity index (χ3v) is 3.34. The third kappa shape index (κ3) is 2.53. The third-order valence-electron chi connectivity index (χ3n) is 3.03. The molecule has 0 saturated carbocycles. The zero-order chi connectivity index (χ0) is 14.2. The lowest BCUT2D eigenvalue weighted by atomic mass is 9.91. The van der Waals surface area contributed by atoms with Gasteiger partial charge in [0.1, 0.15) is 0 Å². The Morgan fingerprint density at radius 2 is 2.05 bits per heavy atom. The van der Waals surface area contributed by atoms with Crippen LogP contribution in [0.5, 0.6) is 0 Å². The fraction of sp³-hybridized carbons (Fsp3) is 0.462. The van der Waals surface area contributed by atoms with Crippen molar-refractivity contribution in [2.24, 2.45) is 0 Å². The maximum Gasteiger partial charge on any atom is 0.259 e. The maximum absolute atomic E-state index is 12.2. The molecule has 0 fully saturated rings. The van der Waals surface area contributed by atoms with Crippen LogP contribution in [0.3, 0.4) is 0 Å². The SMILES string of the molecule is CCn1c(-c2ccc(C(C)(C)C)[nH]c2=O)n[nH]c1=S. The van der Waals surface area contributed by atoms with E-state index in [4.69, 9.17) is 12.2 Å². The molecule has 2 rings (SSSR count). The van der Waals surface area contributed by atoms with Gasteiger partial charge in [-0.15, -0.1) is 0 Å². The van der Waals surface area contributed by atoms with Gasteiger partial charge in [-0.1, -0.05) is 20.8 Å². The Balaban J connectivity index is 2.59. The smallest absolute Gasteiger partial charge is 0.259 e. The molecule has 0 aliphatic carbocycles. The van der Waals surface area contributed by atoms with Crippen LogP contribution in [-0.4, -0.2) is 19.7 Å². The number of hydrogen-bond donors (Lipinski definition) is 2. The molecule has 0 unspecified atom stereocenters. The summed E-state index contributed by atoms with van der Waals surface area (Å²) < 4.78 is 2.33. The lowest BCUT2D eigenvalue weighted by molar-refractivity contribution is 0.567. The molecule has 2 N–H and O–H groups in total. The summed E-state index contributed by atoms with van der Waals surface area (Å²) in [4.78, 5) is 15.1. The minimum absolute atomic E-state index is 0.0901. The Morgan fingerprint density at radius 1 is 1.37 bits per heavy atom. The van der Waals surface area contributed by atoms with E-state index in [2.05, 4.69) is 36.0 Å². The molecule has 102 valence electrons. The van der Waals surface area contributed by atoms with Gasteiger partial charge < -0.3 is 9.55 Å². The Kier molecular flexibility index (Phi) is 3.45. The number of nitrogens with zero attached hydrogens (tertiary/aromatic N) is 2. The van der Waals surface area contributed by atoms with Crippen LogP contribution in [0.25, 0.3) is 11.4 Å². The van der Waals surface area contributed by atoms with Crippen molar-refractivity contribution in [1.29, 1.82) is 0 Å². The zero-order valence-corrected chi connectivity index (χ0v) is 12.4. The molecule has 0 spiro atoms. The molecular formula is C13H18N4OS. The Bertz CT molecular complexity index is 702. The fourth-order valence-corrected chi connectivity index (χ4v) is 2.17. The van der Waals surface area contributed by atoms with Crippen LogP contribution < -0.4 is 5.56 Å². The van der Waals surface area contributed by atoms with Crippen LogP contribution in [0.2, 0.25) is 0 Å². The summed E-state index contributed by atoms with van der Waals surface area (Å²) in [7, 11) is 0. The zero-order valence-electron chi connectivity index (χ0n) is 11.6. The quantitative estimate of drug-likeness (QED) is 0.830. The highest BCUT2D eigenvalue weighted by atomic mass is 32.1. The van der Waals surface area contributed by atoms with E-state index in [1.807, 2.05) is 13.0 Å². The predicted octanol–water partition coefficient (Wildman–Crippen LogP) is 2.61. The van der Waals surface area contributed by atoms with Gasteiger partial charge in [0.05, 0.1) is 5.56 Å². The summed E-state index contributed by atoms with van der Waals surface area (Å²) in [6.45, 7) is 8.80. The lowest BCUT2D eigenvalue weighted by Crippen LogP contribution is -2.21. The molecule has 19 heavy (non-hydrogen) atoms. The summed E-state index contributed by atoms with van der Waals surface area (Å²) in [6.07, 6.45) is 0. The number of H-pyrrole nitrogens is 2. The van der Waals surface area contributed by atoms with Gasteiger partial charge in [0.15, 0.2) is 10.6 Å². The first kappa shape index (κ1) is 13.7. The highest BCUT2D eigenvalue weighted by Gasteiger charge is 2.17. The molecule has 0 atom stereocenters. The second kappa shape index (κ2) is 4.77. The van der Waals surface area contributed by atoms with E-state index in [9.17, 15) is 4.79 Å². The van der Waals surface area contributed by atoms with Crippen molar-refractivity contribution in [3.05, 3.63) is 33.0 Å². The van der Waals surface area contributed by atoms with Crippen molar-refractivity contribution < 1.29 is 0 Å². The molecule has 0 radical (unpaired) electrons. The summed E-state index contributed by atoms with van der Waals surface area (Å²) in [5, 5.41) is 6.86. The molecule has 2 heterocycles. The van der Waals surface area contributed by atoms with Crippen molar-refractivity contribution in [3.8, 4) is 11.4 Å². The van der Waals surface area contributed by atoms with E-state index in [0.29, 0.717) is 22.7 Å². The number of rotatable bonds is 2. The largest absolute Gasteiger partial charge is 0.325 e. The van der Waals surface area contributed by atoms with Crippen LogP contribution in [0.15, 0.2) is 16.9 Å². The van der Waals surface area contributed by atoms with Gasteiger partial charge in [0.25, 0.3) is 5.56 Å². The van der Waals surface area contributed by atoms with Crippen LogP contribution in [0.1, 0.15) is 33.4 Å². The minimum atomic E-state index is -0.142.